The number of benzene rings is 1. The van der Waals surface area contributed by atoms with Crippen molar-refractivity contribution in [2.24, 2.45) is 11.1 Å². The van der Waals surface area contributed by atoms with Gasteiger partial charge in [-0.1, -0.05) is 5.16 Å². The molecule has 10 heteroatoms. The Morgan fingerprint density at radius 2 is 1.87 bits per heavy atom. The number of carbonyl (C=O) groups excluding carboxylic acids is 2. The lowest BCUT2D eigenvalue weighted by molar-refractivity contribution is -0.274. The van der Waals surface area contributed by atoms with Crippen LogP contribution in [-0.4, -0.2) is 54.0 Å². The number of nitrogens with zero attached hydrogens (tertiary/aromatic N) is 2. The maximum Gasteiger partial charge on any atom is 0.573 e. The lowest BCUT2D eigenvalue weighted by Gasteiger charge is -2.37. The topological polar surface area (TPSA) is 80.2 Å². The van der Waals surface area contributed by atoms with Crippen LogP contribution in [0.25, 0.3) is 0 Å². The molecule has 3 aliphatic rings. The molecule has 2 fully saturated rings. The number of ether oxygens (including phenoxy) is 1. The highest BCUT2D eigenvalue weighted by Crippen LogP contribution is 2.35. The number of rotatable bonds is 5. The molecule has 0 aromatic heterocycles. The van der Waals surface area contributed by atoms with Gasteiger partial charge < -0.3 is 19.8 Å². The summed E-state index contributed by atoms with van der Waals surface area (Å²) in [5.41, 5.74) is 0.0906. The number of likely N-dealkylation sites (tertiary alicyclic amines) is 1. The van der Waals surface area contributed by atoms with E-state index in [1.165, 1.54) is 12.1 Å². The standard InChI is InChI=1S/C20H22F3N3O4/c21-20(22,23)29-15-5-3-14(4-6-15)18(28)26-9-7-19(8-10-26)11-16(25-30-19)17(27)24-12-13-1-2-13/h3-6,13H,1-2,7-12H2,(H,24,27). The summed E-state index contributed by atoms with van der Waals surface area (Å²) in [6.07, 6.45) is -1.02. The zero-order valence-corrected chi connectivity index (χ0v) is 16.2. The van der Waals surface area contributed by atoms with Crippen LogP contribution in [0.3, 0.4) is 0 Å². The molecule has 4 rings (SSSR count). The van der Waals surface area contributed by atoms with E-state index in [0.717, 1.165) is 25.0 Å². The number of piperidine rings is 1. The van der Waals surface area contributed by atoms with E-state index in [0.29, 0.717) is 50.5 Å². The maximum atomic E-state index is 12.7. The molecule has 2 heterocycles. The normalized spacial score (nSPS) is 20.5. The molecule has 1 aromatic carbocycles. The van der Waals surface area contributed by atoms with Crippen LogP contribution in [0, 0.1) is 5.92 Å². The smallest absolute Gasteiger partial charge is 0.406 e. The predicted molar refractivity (Wildman–Crippen MR) is 99.9 cm³/mol. The molecule has 0 radical (unpaired) electrons. The summed E-state index contributed by atoms with van der Waals surface area (Å²) < 4.78 is 40.6. The number of nitrogens with one attached hydrogen (secondary N) is 1. The van der Waals surface area contributed by atoms with Crippen molar-refractivity contribution in [3.63, 3.8) is 0 Å². The molecule has 7 nitrogen and oxygen atoms in total. The number of halogens is 3. The van der Waals surface area contributed by atoms with E-state index in [1.54, 1.807) is 4.90 Å². The van der Waals surface area contributed by atoms with Crippen LogP contribution in [0.5, 0.6) is 5.75 Å². The molecule has 162 valence electrons. The fraction of sp³-hybridized carbons (Fsp3) is 0.550. The van der Waals surface area contributed by atoms with Crippen molar-refractivity contribution in [1.29, 1.82) is 0 Å². The van der Waals surface area contributed by atoms with E-state index in [4.69, 9.17) is 4.84 Å². The third-order valence-corrected chi connectivity index (χ3v) is 5.65. The van der Waals surface area contributed by atoms with Crippen LogP contribution in [0.2, 0.25) is 0 Å². The van der Waals surface area contributed by atoms with Gasteiger partial charge in [-0.2, -0.15) is 0 Å². The highest BCUT2D eigenvalue weighted by Gasteiger charge is 2.44. The first-order chi connectivity index (χ1) is 14.2. The monoisotopic (exact) mass is 425 g/mol. The highest BCUT2D eigenvalue weighted by molar-refractivity contribution is 6.39. The average Bonchev–Trinajstić information content (AvgIpc) is 3.45. The number of carbonyl (C=O) groups is 2. The molecule has 0 unspecified atom stereocenters. The van der Waals surface area contributed by atoms with Gasteiger partial charge in [-0.25, -0.2) is 0 Å². The minimum absolute atomic E-state index is 0.196. The Bertz CT molecular complexity index is 842. The van der Waals surface area contributed by atoms with Crippen molar-refractivity contribution < 1.29 is 32.3 Å². The van der Waals surface area contributed by atoms with Gasteiger partial charge in [-0.05, 0) is 43.0 Å². The van der Waals surface area contributed by atoms with Gasteiger partial charge in [0.05, 0.1) is 0 Å². The Balaban J connectivity index is 1.28. The third-order valence-electron chi connectivity index (χ3n) is 5.65. The van der Waals surface area contributed by atoms with Crippen LogP contribution in [-0.2, 0) is 9.63 Å². The van der Waals surface area contributed by atoms with Crippen molar-refractivity contribution >= 4 is 17.5 Å². The summed E-state index contributed by atoms with van der Waals surface area (Å²) in [5.74, 6) is -0.266. The molecule has 2 amide bonds. The van der Waals surface area contributed by atoms with Gasteiger partial charge in [0.25, 0.3) is 11.8 Å². The molecule has 2 aliphatic heterocycles. The minimum Gasteiger partial charge on any atom is -0.406 e. The summed E-state index contributed by atoms with van der Waals surface area (Å²) in [5, 5.41) is 6.85. The Kier molecular flexibility index (Phi) is 5.33. The van der Waals surface area contributed by atoms with Gasteiger partial charge in [0.1, 0.15) is 17.1 Å². The first kappa shape index (κ1) is 20.5. The van der Waals surface area contributed by atoms with Crippen LogP contribution < -0.4 is 10.1 Å². The zero-order chi connectivity index (χ0) is 21.4. The van der Waals surface area contributed by atoms with Crippen molar-refractivity contribution in [3.05, 3.63) is 29.8 Å². The van der Waals surface area contributed by atoms with Crippen LogP contribution in [0.15, 0.2) is 29.4 Å². The summed E-state index contributed by atoms with van der Waals surface area (Å²) in [6.45, 7) is 1.48. The third kappa shape index (κ3) is 4.85. The molecule has 0 bridgehead atoms. The molecular formula is C20H22F3N3O4. The maximum absolute atomic E-state index is 12.7. The first-order valence-corrected chi connectivity index (χ1v) is 9.91. The Morgan fingerprint density at radius 3 is 2.47 bits per heavy atom. The van der Waals surface area contributed by atoms with E-state index in [-0.39, 0.29) is 23.1 Å². The SMILES string of the molecule is O=C(NCC1CC1)C1=NOC2(CCN(C(=O)c3ccc(OC(F)(F)F)cc3)CC2)C1. The zero-order valence-electron chi connectivity index (χ0n) is 16.2. The van der Waals surface area contributed by atoms with Crippen LogP contribution in [0.4, 0.5) is 13.2 Å². The Labute approximate surface area is 171 Å². The van der Waals surface area contributed by atoms with E-state index >= 15 is 0 Å². The molecule has 1 aliphatic carbocycles. The number of hydrogen-bond donors (Lipinski definition) is 1. The predicted octanol–water partition coefficient (Wildman–Crippen LogP) is 2.86. The number of hydrogen-bond acceptors (Lipinski definition) is 5. The molecule has 1 N–H and O–H groups in total. The lowest BCUT2D eigenvalue weighted by Crippen LogP contribution is -2.47. The quantitative estimate of drug-likeness (QED) is 0.787. The van der Waals surface area contributed by atoms with Gasteiger partial charge >= 0.3 is 6.36 Å². The van der Waals surface area contributed by atoms with Crippen molar-refractivity contribution in [2.45, 2.75) is 44.1 Å². The number of alkyl halides is 3. The second-order valence-electron chi connectivity index (χ2n) is 8.01. The minimum atomic E-state index is -4.77. The van der Waals surface area contributed by atoms with E-state index in [2.05, 4.69) is 15.2 Å². The van der Waals surface area contributed by atoms with E-state index < -0.39 is 12.0 Å². The van der Waals surface area contributed by atoms with Crippen molar-refractivity contribution in [2.75, 3.05) is 19.6 Å². The molecular weight excluding hydrogens is 403 g/mol. The molecule has 1 saturated heterocycles. The highest BCUT2D eigenvalue weighted by atomic mass is 19.4. The van der Waals surface area contributed by atoms with E-state index in [1.807, 2.05) is 0 Å². The number of oxime groups is 1. The molecule has 0 atom stereocenters. The molecule has 1 spiro atoms. The average molecular weight is 425 g/mol. The van der Waals surface area contributed by atoms with Crippen molar-refractivity contribution in [3.8, 4) is 5.75 Å². The van der Waals surface area contributed by atoms with Gasteiger partial charge in [0.2, 0.25) is 0 Å². The molecule has 1 saturated carbocycles. The summed E-state index contributed by atoms with van der Waals surface area (Å²) in [6, 6.07) is 4.86. The Hall–Kier alpha value is -2.78. The van der Waals surface area contributed by atoms with E-state index in [9.17, 15) is 22.8 Å². The van der Waals surface area contributed by atoms with Gasteiger partial charge in [-0.15, -0.1) is 13.2 Å². The second kappa shape index (κ2) is 7.81. The largest absolute Gasteiger partial charge is 0.573 e. The molecule has 30 heavy (non-hydrogen) atoms. The fourth-order valence-electron chi connectivity index (χ4n) is 3.67. The summed E-state index contributed by atoms with van der Waals surface area (Å²) in [7, 11) is 0. The summed E-state index contributed by atoms with van der Waals surface area (Å²) >= 11 is 0. The van der Waals surface area contributed by atoms with Gasteiger partial charge in [0.15, 0.2) is 0 Å². The van der Waals surface area contributed by atoms with Gasteiger partial charge in [-0.3, -0.25) is 9.59 Å². The summed E-state index contributed by atoms with van der Waals surface area (Å²) in [4.78, 5) is 32.1. The Morgan fingerprint density at radius 1 is 1.20 bits per heavy atom. The first-order valence-electron chi connectivity index (χ1n) is 9.91. The van der Waals surface area contributed by atoms with Crippen LogP contribution >= 0.6 is 0 Å². The fourth-order valence-corrected chi connectivity index (χ4v) is 3.67. The lowest BCUT2D eigenvalue weighted by atomic mass is 9.86. The molecule has 1 aromatic rings. The second-order valence-corrected chi connectivity index (χ2v) is 8.01. The number of amides is 2. The van der Waals surface area contributed by atoms with Gasteiger partial charge in [0, 0.05) is 44.5 Å². The van der Waals surface area contributed by atoms with Crippen molar-refractivity contribution in [1.82, 2.24) is 10.2 Å². The van der Waals surface area contributed by atoms with Crippen LogP contribution in [0.1, 0.15) is 42.5 Å².